The molecule has 1 aromatic heterocycles. The van der Waals surface area contributed by atoms with E-state index >= 15 is 0 Å². The zero-order valence-corrected chi connectivity index (χ0v) is 10.7. The Labute approximate surface area is 106 Å². The quantitative estimate of drug-likeness (QED) is 0.787. The molecule has 1 aromatic rings. The van der Waals surface area contributed by atoms with Gasteiger partial charge in [-0.1, -0.05) is 6.92 Å². The number of aromatic nitrogens is 1. The zero-order valence-electron chi connectivity index (χ0n) is 10.7. The van der Waals surface area contributed by atoms with Gasteiger partial charge in [0.25, 0.3) is 0 Å². The van der Waals surface area contributed by atoms with Crippen molar-refractivity contribution >= 4 is 11.8 Å². The number of hydrogen-bond donors (Lipinski definition) is 1. The monoisotopic (exact) mass is 250 g/mol. The van der Waals surface area contributed by atoms with Gasteiger partial charge in [0, 0.05) is 25.5 Å². The maximum atomic E-state index is 11.2. The molecule has 1 rings (SSSR count). The van der Waals surface area contributed by atoms with Crippen LogP contribution in [0.5, 0.6) is 0 Å². The molecule has 0 aliphatic rings. The summed E-state index contributed by atoms with van der Waals surface area (Å²) in [6.07, 6.45) is 3.36. The van der Waals surface area contributed by atoms with E-state index in [2.05, 4.69) is 4.98 Å². The Morgan fingerprint density at radius 2 is 2.00 bits per heavy atom. The Hall–Kier alpha value is -1.75. The summed E-state index contributed by atoms with van der Waals surface area (Å²) in [7, 11) is 0. The lowest BCUT2D eigenvalue weighted by atomic mass is 10.1. The molecule has 0 spiro atoms. The molecule has 1 heterocycles. The van der Waals surface area contributed by atoms with E-state index in [1.807, 2.05) is 17.0 Å². The van der Waals surface area contributed by atoms with Crippen LogP contribution >= 0.6 is 0 Å². The Kier molecular flexibility index (Phi) is 5.45. The number of carboxylic acids is 1. The SMILES string of the molecule is CC(=O)CN(Cc1ccncc1)CC(C)C(=O)O. The Balaban J connectivity index is 2.66. The molecule has 0 amide bonds. The summed E-state index contributed by atoms with van der Waals surface area (Å²) < 4.78 is 0. The molecular weight excluding hydrogens is 232 g/mol. The summed E-state index contributed by atoms with van der Waals surface area (Å²) in [5.74, 6) is -1.31. The number of pyridine rings is 1. The molecule has 0 aromatic carbocycles. The van der Waals surface area contributed by atoms with Crippen LogP contribution in [0.1, 0.15) is 19.4 Å². The highest BCUT2D eigenvalue weighted by Gasteiger charge is 2.17. The first kappa shape index (κ1) is 14.3. The van der Waals surface area contributed by atoms with E-state index in [1.54, 1.807) is 19.3 Å². The maximum absolute atomic E-state index is 11.2. The number of carbonyl (C=O) groups excluding carboxylic acids is 1. The number of carbonyl (C=O) groups is 2. The van der Waals surface area contributed by atoms with E-state index in [4.69, 9.17) is 5.11 Å². The zero-order chi connectivity index (χ0) is 13.5. The molecule has 1 N–H and O–H groups in total. The summed E-state index contributed by atoms with van der Waals surface area (Å²) in [4.78, 5) is 27.8. The number of nitrogens with zero attached hydrogens (tertiary/aromatic N) is 2. The van der Waals surface area contributed by atoms with Gasteiger partial charge in [-0.15, -0.1) is 0 Å². The second-order valence-electron chi connectivity index (χ2n) is 4.47. The number of Topliss-reactive ketones (excluding diaryl/α,β-unsaturated/α-hetero) is 1. The van der Waals surface area contributed by atoms with Crippen molar-refractivity contribution in [3.8, 4) is 0 Å². The second-order valence-corrected chi connectivity index (χ2v) is 4.47. The van der Waals surface area contributed by atoms with Crippen LogP contribution in [0.15, 0.2) is 24.5 Å². The smallest absolute Gasteiger partial charge is 0.307 e. The number of hydrogen-bond acceptors (Lipinski definition) is 4. The minimum Gasteiger partial charge on any atom is -0.481 e. The van der Waals surface area contributed by atoms with Crippen LogP contribution in [0, 0.1) is 5.92 Å². The van der Waals surface area contributed by atoms with Gasteiger partial charge in [-0.2, -0.15) is 0 Å². The first-order valence-corrected chi connectivity index (χ1v) is 5.82. The van der Waals surface area contributed by atoms with Crippen molar-refractivity contribution in [1.82, 2.24) is 9.88 Å². The molecule has 0 aliphatic heterocycles. The molecule has 1 unspecified atom stereocenters. The molecule has 0 fully saturated rings. The molecule has 5 heteroatoms. The molecule has 0 bridgehead atoms. The third-order valence-electron chi connectivity index (χ3n) is 2.56. The number of aliphatic carboxylic acids is 1. The van der Waals surface area contributed by atoms with Crippen molar-refractivity contribution in [2.24, 2.45) is 5.92 Å². The largest absolute Gasteiger partial charge is 0.481 e. The van der Waals surface area contributed by atoms with Crippen LogP contribution in [0.2, 0.25) is 0 Å². The van der Waals surface area contributed by atoms with E-state index in [9.17, 15) is 9.59 Å². The predicted octanol–water partition coefficient (Wildman–Crippen LogP) is 1.19. The Bertz CT molecular complexity index is 406. The number of rotatable bonds is 7. The van der Waals surface area contributed by atoms with Crippen molar-refractivity contribution in [2.45, 2.75) is 20.4 Å². The summed E-state index contributed by atoms with van der Waals surface area (Å²) >= 11 is 0. The standard InChI is InChI=1S/C13H18N2O3/c1-10(13(17)18)7-15(8-11(2)16)9-12-3-5-14-6-4-12/h3-6,10H,7-9H2,1-2H3,(H,17,18). The Morgan fingerprint density at radius 3 is 2.50 bits per heavy atom. The topological polar surface area (TPSA) is 70.5 Å². The van der Waals surface area contributed by atoms with E-state index < -0.39 is 11.9 Å². The van der Waals surface area contributed by atoms with E-state index in [1.165, 1.54) is 6.92 Å². The molecule has 0 aliphatic carbocycles. The summed E-state index contributed by atoms with van der Waals surface area (Å²) in [6, 6.07) is 3.72. The number of ketones is 1. The van der Waals surface area contributed by atoms with Crippen LogP contribution in [-0.2, 0) is 16.1 Å². The fourth-order valence-electron chi connectivity index (χ4n) is 1.71. The molecule has 1 atom stereocenters. The highest BCUT2D eigenvalue weighted by molar-refractivity contribution is 5.77. The molecule has 0 saturated carbocycles. The lowest BCUT2D eigenvalue weighted by Crippen LogP contribution is -2.34. The third kappa shape index (κ3) is 5.05. The maximum Gasteiger partial charge on any atom is 0.307 e. The van der Waals surface area contributed by atoms with E-state index in [0.29, 0.717) is 13.1 Å². The lowest BCUT2D eigenvalue weighted by molar-refractivity contribution is -0.142. The normalized spacial score (nSPS) is 12.4. The fraction of sp³-hybridized carbons (Fsp3) is 0.462. The van der Waals surface area contributed by atoms with Gasteiger partial charge >= 0.3 is 5.97 Å². The van der Waals surface area contributed by atoms with E-state index in [-0.39, 0.29) is 12.3 Å². The van der Waals surface area contributed by atoms with Crippen molar-refractivity contribution < 1.29 is 14.7 Å². The first-order chi connectivity index (χ1) is 8.49. The van der Waals surface area contributed by atoms with Gasteiger partial charge in [0.15, 0.2) is 0 Å². The fourth-order valence-corrected chi connectivity index (χ4v) is 1.71. The lowest BCUT2D eigenvalue weighted by Gasteiger charge is -2.22. The van der Waals surface area contributed by atoms with Crippen molar-refractivity contribution in [3.63, 3.8) is 0 Å². The van der Waals surface area contributed by atoms with Gasteiger partial charge in [0.1, 0.15) is 5.78 Å². The van der Waals surface area contributed by atoms with Crippen LogP contribution in [0.25, 0.3) is 0 Å². The minimum atomic E-state index is -0.849. The summed E-state index contributed by atoms with van der Waals surface area (Å²) in [5.41, 5.74) is 1.02. The van der Waals surface area contributed by atoms with Crippen molar-refractivity contribution in [3.05, 3.63) is 30.1 Å². The van der Waals surface area contributed by atoms with Crippen molar-refractivity contribution in [1.29, 1.82) is 0 Å². The predicted molar refractivity (Wildman–Crippen MR) is 67.0 cm³/mol. The molecule has 0 radical (unpaired) electrons. The van der Waals surface area contributed by atoms with Gasteiger partial charge in [0.05, 0.1) is 12.5 Å². The van der Waals surface area contributed by atoms with Crippen LogP contribution in [0.4, 0.5) is 0 Å². The first-order valence-electron chi connectivity index (χ1n) is 5.82. The summed E-state index contributed by atoms with van der Waals surface area (Å²) in [6.45, 7) is 4.32. The van der Waals surface area contributed by atoms with Crippen molar-refractivity contribution in [2.75, 3.05) is 13.1 Å². The van der Waals surface area contributed by atoms with Crippen LogP contribution < -0.4 is 0 Å². The van der Waals surface area contributed by atoms with Crippen LogP contribution in [-0.4, -0.2) is 39.8 Å². The van der Waals surface area contributed by atoms with E-state index in [0.717, 1.165) is 5.56 Å². The second kappa shape index (κ2) is 6.86. The van der Waals surface area contributed by atoms with Gasteiger partial charge in [-0.3, -0.25) is 19.5 Å². The molecule has 18 heavy (non-hydrogen) atoms. The highest BCUT2D eigenvalue weighted by atomic mass is 16.4. The van der Waals surface area contributed by atoms with Gasteiger partial charge in [0.2, 0.25) is 0 Å². The van der Waals surface area contributed by atoms with Gasteiger partial charge in [-0.05, 0) is 24.6 Å². The molecule has 5 nitrogen and oxygen atoms in total. The average molecular weight is 250 g/mol. The van der Waals surface area contributed by atoms with Gasteiger partial charge < -0.3 is 5.11 Å². The molecule has 0 saturated heterocycles. The average Bonchev–Trinajstić information content (AvgIpc) is 2.29. The molecule has 98 valence electrons. The summed E-state index contributed by atoms with van der Waals surface area (Å²) in [5, 5.41) is 8.91. The highest BCUT2D eigenvalue weighted by Crippen LogP contribution is 2.07. The van der Waals surface area contributed by atoms with Crippen LogP contribution in [0.3, 0.4) is 0 Å². The Morgan fingerprint density at radius 1 is 1.39 bits per heavy atom. The number of carboxylic acid groups (broad SMARTS) is 1. The molecular formula is C13H18N2O3. The van der Waals surface area contributed by atoms with Gasteiger partial charge in [-0.25, -0.2) is 0 Å². The third-order valence-corrected chi connectivity index (χ3v) is 2.56. The minimum absolute atomic E-state index is 0.0293.